The summed E-state index contributed by atoms with van der Waals surface area (Å²) >= 11 is 0. The van der Waals surface area contributed by atoms with Gasteiger partial charge in [0.2, 0.25) is 12.3 Å². The fourth-order valence-corrected chi connectivity index (χ4v) is 3.25. The first-order valence-electron chi connectivity index (χ1n) is 11.0. The van der Waals surface area contributed by atoms with Crippen LogP contribution >= 0.6 is 0 Å². The number of nitrogens with zero attached hydrogens (tertiary/aromatic N) is 3. The van der Waals surface area contributed by atoms with Crippen molar-refractivity contribution in [2.45, 2.75) is 58.0 Å². The number of alkyl halides is 5. The number of pyridine rings is 2. The molecule has 1 saturated carbocycles. The van der Waals surface area contributed by atoms with E-state index in [2.05, 4.69) is 35.5 Å². The maximum Gasteiger partial charge on any atom is 0.417 e. The van der Waals surface area contributed by atoms with E-state index in [9.17, 15) is 31.5 Å². The van der Waals surface area contributed by atoms with Crippen molar-refractivity contribution in [1.82, 2.24) is 25.5 Å². The summed E-state index contributed by atoms with van der Waals surface area (Å²) in [6, 6.07) is 2.15. The van der Waals surface area contributed by atoms with Crippen molar-refractivity contribution in [3.63, 3.8) is 0 Å². The number of rotatable bonds is 6. The van der Waals surface area contributed by atoms with Crippen LogP contribution in [0, 0.1) is 0 Å². The summed E-state index contributed by atoms with van der Waals surface area (Å²) in [5, 5.41) is 12.2. The number of amides is 2. The highest BCUT2D eigenvalue weighted by atomic mass is 19.4. The van der Waals surface area contributed by atoms with E-state index in [0.717, 1.165) is 37.9 Å². The van der Waals surface area contributed by atoms with Gasteiger partial charge in [0, 0.05) is 13.1 Å². The van der Waals surface area contributed by atoms with E-state index in [1.54, 1.807) is 6.20 Å². The third kappa shape index (κ3) is 9.95. The number of nitrogens with one attached hydrogen (secondary N) is 3. The molecule has 5 N–H and O–H groups in total. The number of aromatic amines is 1. The Hall–Kier alpha value is -3.88. The molecule has 0 saturated heterocycles. The maximum absolute atomic E-state index is 12.1. The zero-order valence-electron chi connectivity index (χ0n) is 19.7. The zero-order chi connectivity index (χ0) is 27.4. The van der Waals surface area contributed by atoms with Gasteiger partial charge in [-0.15, -0.1) is 0 Å². The van der Waals surface area contributed by atoms with E-state index < -0.39 is 18.4 Å². The summed E-state index contributed by atoms with van der Waals surface area (Å²) in [7, 11) is 0. The van der Waals surface area contributed by atoms with Crippen LogP contribution in [-0.2, 0) is 27.0 Å². The van der Waals surface area contributed by atoms with Crippen LogP contribution in [0.3, 0.4) is 0 Å². The van der Waals surface area contributed by atoms with E-state index in [4.69, 9.17) is 5.73 Å². The highest BCUT2D eigenvalue weighted by molar-refractivity contribution is 6.01. The van der Waals surface area contributed by atoms with Crippen molar-refractivity contribution < 1.29 is 36.3 Å². The van der Waals surface area contributed by atoms with Gasteiger partial charge in [-0.3, -0.25) is 19.7 Å². The Balaban J connectivity index is 0.000000200. The SMILES string of the molecule is CC(=O)Nc1cnc(N)c2cn[nH]c12.FC(F)OC1CCCC1.O=CNCc1ccc(C(F)(F)F)cn1. The Bertz CT molecular complexity index is 1130. The van der Waals surface area contributed by atoms with Gasteiger partial charge in [-0.2, -0.15) is 27.1 Å². The fraction of sp³-hybridized carbons (Fsp3) is 0.409. The molecule has 15 heteroatoms. The standard InChI is InChI=1S/C8H7F3N2O.C8H9N5O.C6H10F2O/c9-8(10,11)6-1-2-7(13-3-6)4-12-5-14;1-4(14)12-6-3-10-8(9)5-2-11-13-7(5)6;7-6(8)9-5-3-1-2-4-5/h1-3,5H,4H2,(H,12,14);2-3H,1H3,(H2,9,10)(H,11,13)(H,12,14);5-6H,1-4H2. The number of anilines is 2. The molecule has 1 aliphatic carbocycles. The normalized spacial score (nSPS) is 13.4. The molecule has 0 spiro atoms. The van der Waals surface area contributed by atoms with Gasteiger partial charge in [-0.25, -0.2) is 4.98 Å². The summed E-state index contributed by atoms with van der Waals surface area (Å²) in [5.74, 6) is 0.232. The number of aromatic nitrogens is 4. The highest BCUT2D eigenvalue weighted by Crippen LogP contribution is 2.28. The van der Waals surface area contributed by atoms with Crippen molar-refractivity contribution in [2.24, 2.45) is 0 Å². The monoisotopic (exact) mass is 531 g/mol. The van der Waals surface area contributed by atoms with Crippen LogP contribution in [0.15, 0.2) is 30.7 Å². The molecule has 0 unspecified atom stereocenters. The molecule has 1 fully saturated rings. The van der Waals surface area contributed by atoms with Gasteiger partial charge in [0.15, 0.2) is 0 Å². The average molecular weight is 531 g/mol. The first-order chi connectivity index (χ1) is 17.5. The van der Waals surface area contributed by atoms with Gasteiger partial charge in [0.1, 0.15) is 5.82 Å². The molecule has 202 valence electrons. The van der Waals surface area contributed by atoms with Gasteiger partial charge in [0.25, 0.3) is 0 Å². The number of nitrogen functional groups attached to an aromatic ring is 1. The van der Waals surface area contributed by atoms with Crippen LogP contribution in [0.25, 0.3) is 10.9 Å². The van der Waals surface area contributed by atoms with Gasteiger partial charge >= 0.3 is 12.8 Å². The molecule has 0 radical (unpaired) electrons. The van der Waals surface area contributed by atoms with Gasteiger partial charge in [0.05, 0.1) is 52.9 Å². The second-order valence-electron chi connectivity index (χ2n) is 7.73. The third-order valence-corrected chi connectivity index (χ3v) is 4.94. The average Bonchev–Trinajstić information content (AvgIpc) is 3.52. The lowest BCUT2D eigenvalue weighted by Gasteiger charge is -2.07. The van der Waals surface area contributed by atoms with E-state index >= 15 is 0 Å². The molecule has 1 aliphatic rings. The largest absolute Gasteiger partial charge is 0.417 e. The Morgan fingerprint density at radius 2 is 1.92 bits per heavy atom. The molecule has 3 aromatic heterocycles. The summed E-state index contributed by atoms with van der Waals surface area (Å²) in [4.78, 5) is 28.2. The summed E-state index contributed by atoms with van der Waals surface area (Å²) < 4.78 is 63.4. The second kappa shape index (κ2) is 14.0. The predicted octanol–water partition coefficient (Wildman–Crippen LogP) is 4.01. The lowest BCUT2D eigenvalue weighted by atomic mass is 10.2. The van der Waals surface area contributed by atoms with Crippen LogP contribution in [0.1, 0.15) is 43.9 Å². The topological polar surface area (TPSA) is 148 Å². The number of halogens is 5. The maximum atomic E-state index is 12.1. The van der Waals surface area contributed by atoms with E-state index in [-0.39, 0.29) is 18.6 Å². The van der Waals surface area contributed by atoms with Crippen molar-refractivity contribution in [1.29, 1.82) is 0 Å². The molecular weight excluding hydrogens is 505 g/mol. The van der Waals surface area contributed by atoms with E-state index in [0.29, 0.717) is 34.5 Å². The molecule has 0 aliphatic heterocycles. The van der Waals surface area contributed by atoms with E-state index in [1.807, 2.05) is 0 Å². The number of fused-ring (bicyclic) bond motifs is 1. The van der Waals surface area contributed by atoms with Crippen molar-refractivity contribution >= 4 is 34.7 Å². The molecule has 0 bridgehead atoms. The summed E-state index contributed by atoms with van der Waals surface area (Å²) in [6.45, 7) is -1.02. The quantitative estimate of drug-likeness (QED) is 0.277. The van der Waals surface area contributed by atoms with Gasteiger partial charge in [-0.05, 0) is 25.0 Å². The fourth-order valence-electron chi connectivity index (χ4n) is 3.25. The summed E-state index contributed by atoms with van der Waals surface area (Å²) in [6.07, 6.45) is 3.43. The van der Waals surface area contributed by atoms with Crippen LogP contribution in [0.5, 0.6) is 0 Å². The number of ether oxygens (including phenoxy) is 1. The number of carbonyl (C=O) groups is 2. The molecule has 3 heterocycles. The molecule has 37 heavy (non-hydrogen) atoms. The Kier molecular flexibility index (Phi) is 11.1. The first-order valence-corrected chi connectivity index (χ1v) is 11.0. The molecule has 0 aromatic carbocycles. The summed E-state index contributed by atoms with van der Waals surface area (Å²) in [5.41, 5.74) is 6.47. The van der Waals surface area contributed by atoms with Crippen LogP contribution < -0.4 is 16.4 Å². The van der Waals surface area contributed by atoms with Gasteiger partial charge in [-0.1, -0.05) is 12.8 Å². The first kappa shape index (κ1) is 29.4. The molecule has 0 atom stereocenters. The number of hydrogen-bond acceptors (Lipinski definition) is 7. The zero-order valence-corrected chi connectivity index (χ0v) is 19.7. The Labute approximate surface area is 208 Å². The van der Waals surface area contributed by atoms with Crippen LogP contribution in [0.4, 0.5) is 33.5 Å². The number of nitrogens with two attached hydrogens (primary N) is 1. The second-order valence-corrected chi connectivity index (χ2v) is 7.73. The third-order valence-electron chi connectivity index (χ3n) is 4.94. The van der Waals surface area contributed by atoms with E-state index in [1.165, 1.54) is 19.2 Å². The Morgan fingerprint density at radius 1 is 1.22 bits per heavy atom. The van der Waals surface area contributed by atoms with Gasteiger partial charge < -0.3 is 21.1 Å². The number of hydrogen-bond donors (Lipinski definition) is 4. The lowest BCUT2D eigenvalue weighted by Crippen LogP contribution is -2.12. The lowest BCUT2D eigenvalue weighted by molar-refractivity contribution is -0.160. The van der Waals surface area contributed by atoms with Crippen molar-refractivity contribution in [3.8, 4) is 0 Å². The molecular formula is C22H26F5N7O3. The molecule has 4 rings (SSSR count). The van der Waals surface area contributed by atoms with Crippen LogP contribution in [-0.4, -0.2) is 45.2 Å². The minimum Gasteiger partial charge on any atom is -0.383 e. The molecule has 3 aromatic rings. The molecule has 10 nitrogen and oxygen atoms in total. The predicted molar refractivity (Wildman–Crippen MR) is 124 cm³/mol. The minimum atomic E-state index is -4.37. The van der Waals surface area contributed by atoms with Crippen molar-refractivity contribution in [2.75, 3.05) is 11.1 Å². The number of carbonyl (C=O) groups excluding carboxylic acids is 2. The van der Waals surface area contributed by atoms with Crippen molar-refractivity contribution in [3.05, 3.63) is 42.0 Å². The highest BCUT2D eigenvalue weighted by Gasteiger charge is 2.30. The number of H-pyrrole nitrogens is 1. The Morgan fingerprint density at radius 3 is 2.46 bits per heavy atom. The van der Waals surface area contributed by atoms with Crippen LogP contribution in [0.2, 0.25) is 0 Å². The molecule has 2 amide bonds. The smallest absolute Gasteiger partial charge is 0.383 e. The minimum absolute atomic E-state index is 0.127.